The monoisotopic (exact) mass is 988 g/mol. The maximum absolute atomic E-state index is 13.5. The number of likely N-dealkylation sites (tertiary alicyclic amines) is 1. The predicted molar refractivity (Wildman–Crippen MR) is 253 cm³/mol. The fourth-order valence-electron chi connectivity index (χ4n) is 6.49. The number of carbonyl (C=O) groups is 4. The zero-order valence-corrected chi connectivity index (χ0v) is 41.0. The highest BCUT2D eigenvalue weighted by Gasteiger charge is 2.31. The largest absolute Gasteiger partial charge is 0.481 e. The molecule has 1 aliphatic carbocycles. The molecule has 1 saturated heterocycles. The normalized spacial score (nSPS) is 13.6. The van der Waals surface area contributed by atoms with E-state index in [0.29, 0.717) is 188 Å². The van der Waals surface area contributed by atoms with E-state index in [1.54, 1.807) is 11.3 Å². The summed E-state index contributed by atoms with van der Waals surface area (Å²) in [4.78, 5) is 58.1. The van der Waals surface area contributed by atoms with E-state index in [-0.39, 0.29) is 44.0 Å². The minimum absolute atomic E-state index is 0.0131. The Morgan fingerprint density at radius 3 is 1.60 bits per heavy atom. The van der Waals surface area contributed by atoms with Crippen LogP contribution in [0.2, 0.25) is 0 Å². The summed E-state index contributed by atoms with van der Waals surface area (Å²) in [6.45, 7) is 15.0. The molecule has 0 spiro atoms. The van der Waals surface area contributed by atoms with Gasteiger partial charge in [-0.3, -0.25) is 19.2 Å². The van der Waals surface area contributed by atoms with Crippen LogP contribution in [0, 0.1) is 5.92 Å². The van der Waals surface area contributed by atoms with E-state index >= 15 is 0 Å². The summed E-state index contributed by atoms with van der Waals surface area (Å²) in [6.07, 6.45) is 6.01. The van der Waals surface area contributed by atoms with E-state index in [9.17, 15) is 19.2 Å². The van der Waals surface area contributed by atoms with Crippen molar-refractivity contribution >= 4 is 47.3 Å². The number of hydroxylamine groups is 2. The average molecular weight is 988 g/mol. The zero-order valence-electron chi connectivity index (χ0n) is 40.2. The number of carboxylic acids is 1. The smallest absolute Gasteiger partial charge is 0.314 e. The molecule has 0 saturated carbocycles. The number of urea groups is 1. The highest BCUT2D eigenvalue weighted by atomic mass is 32.1. The minimum atomic E-state index is -0.883. The molecule has 1 aromatic heterocycles. The molecule has 0 bridgehead atoms. The molecule has 5 N–H and O–H groups in total. The number of amides is 4. The molecule has 1 aromatic rings. The van der Waals surface area contributed by atoms with Crippen LogP contribution in [-0.4, -0.2) is 210 Å². The third kappa shape index (κ3) is 27.4. The van der Waals surface area contributed by atoms with E-state index in [4.69, 9.17) is 63.0 Å². The summed E-state index contributed by atoms with van der Waals surface area (Å²) in [5.41, 5.74) is 8.49. The number of thiophene rings is 1. The molecular weight excluding hydrogens is 911 g/mol. The number of carbonyl (C=O) groups excluding carboxylic acids is 3. The summed E-state index contributed by atoms with van der Waals surface area (Å²) in [7, 11) is 0. The highest BCUT2D eigenvalue weighted by molar-refractivity contribution is 7.13. The van der Waals surface area contributed by atoms with Gasteiger partial charge in [0.15, 0.2) is 0 Å². The Labute approximate surface area is 405 Å². The van der Waals surface area contributed by atoms with Gasteiger partial charge >= 0.3 is 12.0 Å². The van der Waals surface area contributed by atoms with Crippen LogP contribution in [0.15, 0.2) is 17.3 Å². The van der Waals surface area contributed by atoms with Crippen LogP contribution in [0.5, 0.6) is 0 Å². The van der Waals surface area contributed by atoms with E-state index in [1.165, 1.54) is 9.94 Å². The van der Waals surface area contributed by atoms with Gasteiger partial charge < -0.3 is 73.7 Å². The third-order valence-corrected chi connectivity index (χ3v) is 11.0. The molecule has 3 rings (SSSR count). The van der Waals surface area contributed by atoms with Crippen LogP contribution in [0.25, 0.3) is 12.2 Å². The van der Waals surface area contributed by atoms with Gasteiger partial charge in [-0.25, -0.2) is 9.86 Å². The van der Waals surface area contributed by atoms with Gasteiger partial charge in [-0.2, -0.15) is 0 Å². The van der Waals surface area contributed by atoms with Crippen LogP contribution < -0.4 is 16.4 Å². The molecule has 0 unspecified atom stereocenters. The molecule has 0 aromatic carbocycles. The van der Waals surface area contributed by atoms with Gasteiger partial charge in [0, 0.05) is 60.2 Å². The SMILES string of the molecule is CCCN(OCCNC(=O)NCC)C(=O)C1=Cc2sc(CC3CN(C(=O)CCOCCOCCOCCOCCOCCOCCOCCOCCOCCOCCC(=O)O)C3)cc2C=C(N)C1. The number of nitrogens with two attached hydrogens (primary N) is 1. The molecule has 0 radical (unpaired) electrons. The molecule has 22 heteroatoms. The fraction of sp³-hybridized carbons (Fsp3) is 0.739. The maximum atomic E-state index is 13.5. The van der Waals surface area contributed by atoms with Crippen LogP contribution in [0.1, 0.15) is 54.8 Å². The molecule has 2 heterocycles. The Balaban J connectivity index is 1.08. The van der Waals surface area contributed by atoms with Gasteiger partial charge in [-0.05, 0) is 49.5 Å². The van der Waals surface area contributed by atoms with E-state index in [0.717, 1.165) is 16.9 Å². The lowest BCUT2D eigenvalue weighted by Gasteiger charge is -2.39. The first-order valence-electron chi connectivity index (χ1n) is 23.7. The van der Waals surface area contributed by atoms with E-state index in [1.807, 2.05) is 30.9 Å². The van der Waals surface area contributed by atoms with Crippen molar-refractivity contribution in [3.05, 3.63) is 32.7 Å². The summed E-state index contributed by atoms with van der Waals surface area (Å²) in [5.74, 6) is -0.687. The first-order chi connectivity index (χ1) is 33.2. The second-order valence-electron chi connectivity index (χ2n) is 15.5. The van der Waals surface area contributed by atoms with Gasteiger partial charge in [0.2, 0.25) is 5.91 Å². The number of rotatable bonds is 43. The number of ether oxygens (including phenoxy) is 10. The van der Waals surface area contributed by atoms with Crippen LogP contribution in [0.3, 0.4) is 0 Å². The van der Waals surface area contributed by atoms with Gasteiger partial charge in [0.1, 0.15) is 0 Å². The van der Waals surface area contributed by atoms with Crippen LogP contribution in [0.4, 0.5) is 4.79 Å². The number of hydrogen-bond donors (Lipinski definition) is 4. The number of nitrogens with one attached hydrogen (secondary N) is 2. The van der Waals surface area contributed by atoms with Crippen molar-refractivity contribution in [3.63, 3.8) is 0 Å². The Bertz CT molecular complexity index is 1610. The second-order valence-corrected chi connectivity index (χ2v) is 16.7. The van der Waals surface area contributed by atoms with Crippen molar-refractivity contribution in [2.45, 2.75) is 46.0 Å². The van der Waals surface area contributed by atoms with E-state index in [2.05, 4.69) is 16.7 Å². The number of allylic oxidation sites excluding steroid dienone is 1. The molecule has 1 fully saturated rings. The third-order valence-electron chi connectivity index (χ3n) is 9.85. The van der Waals surface area contributed by atoms with Gasteiger partial charge in [0.25, 0.3) is 5.91 Å². The standard InChI is InChI=1S/C46H77N5O16S/c1-3-8-51(67-11-7-49-46(56)48-4-2)45(55)39-32-40(47)31-38-33-41(68-42(38)34-39)30-37-35-50(36-37)43(52)5-9-57-12-14-59-16-18-61-20-22-63-24-26-65-28-29-66-27-25-64-23-21-62-19-17-60-15-13-58-10-6-44(53)54/h31,33-34,37H,3-30,32,35-36,47H2,1-2H3,(H,53,54)(H2,48,49,56). The Morgan fingerprint density at radius 2 is 1.15 bits per heavy atom. The molecule has 388 valence electrons. The summed E-state index contributed by atoms with van der Waals surface area (Å²) in [5, 5.41) is 15.2. The predicted octanol–water partition coefficient (Wildman–Crippen LogP) is 2.36. The topological polar surface area (TPSA) is 247 Å². The lowest BCUT2D eigenvalue weighted by Crippen LogP contribution is -2.50. The Morgan fingerprint density at radius 1 is 0.676 bits per heavy atom. The number of nitrogens with zero attached hydrogens (tertiary/aromatic N) is 2. The van der Waals surface area contributed by atoms with Gasteiger partial charge in [0.05, 0.1) is 152 Å². The second kappa shape index (κ2) is 38.0. The fourth-order valence-corrected chi connectivity index (χ4v) is 7.72. The van der Waals surface area contributed by atoms with Gasteiger partial charge in [-0.1, -0.05) is 6.92 Å². The number of fused-ring (bicyclic) bond motifs is 1. The van der Waals surface area contributed by atoms with Crippen molar-refractivity contribution in [1.82, 2.24) is 20.6 Å². The van der Waals surface area contributed by atoms with Crippen LogP contribution in [-0.2, 0) is 73.0 Å². The molecule has 0 atom stereocenters. The lowest BCUT2D eigenvalue weighted by molar-refractivity contribution is -0.181. The Kier molecular flexibility index (Phi) is 32.7. The molecule has 2 aliphatic rings. The molecule has 4 amide bonds. The molecular formula is C46H77N5O16S. The minimum Gasteiger partial charge on any atom is -0.481 e. The van der Waals surface area contributed by atoms with Crippen molar-refractivity contribution in [2.75, 3.05) is 171 Å². The Hall–Kier alpha value is -3.78. The summed E-state index contributed by atoms with van der Waals surface area (Å²) < 4.78 is 54.5. The number of carboxylic acid groups (broad SMARTS) is 1. The van der Waals surface area contributed by atoms with Crippen molar-refractivity contribution in [2.24, 2.45) is 11.7 Å². The van der Waals surface area contributed by atoms with Crippen LogP contribution >= 0.6 is 11.3 Å². The summed E-state index contributed by atoms with van der Waals surface area (Å²) in [6, 6.07) is 1.85. The van der Waals surface area contributed by atoms with Gasteiger partial charge in [-0.15, -0.1) is 11.3 Å². The molecule has 1 aliphatic heterocycles. The van der Waals surface area contributed by atoms with E-state index < -0.39 is 5.97 Å². The lowest BCUT2D eigenvalue weighted by atomic mass is 9.95. The summed E-state index contributed by atoms with van der Waals surface area (Å²) >= 11 is 1.64. The highest BCUT2D eigenvalue weighted by Crippen LogP contribution is 2.34. The zero-order chi connectivity index (χ0) is 48.9. The van der Waals surface area contributed by atoms with Crippen molar-refractivity contribution < 1.29 is 76.5 Å². The number of aliphatic carboxylic acids is 1. The quantitative estimate of drug-likeness (QED) is 0.0542. The number of hydrogen-bond acceptors (Lipinski definition) is 17. The van der Waals surface area contributed by atoms with Crippen molar-refractivity contribution in [3.8, 4) is 0 Å². The first kappa shape index (κ1) is 58.5. The maximum Gasteiger partial charge on any atom is 0.314 e. The molecule has 68 heavy (non-hydrogen) atoms. The molecule has 21 nitrogen and oxygen atoms in total. The average Bonchev–Trinajstić information content (AvgIpc) is 3.59. The first-order valence-corrected chi connectivity index (χ1v) is 24.5. The van der Waals surface area contributed by atoms with Crippen molar-refractivity contribution in [1.29, 1.82) is 0 Å².